The highest BCUT2D eigenvalue weighted by atomic mass is 32.2. The second-order valence-electron chi connectivity index (χ2n) is 12.5. The van der Waals surface area contributed by atoms with Crippen molar-refractivity contribution in [2.24, 2.45) is 5.18 Å². The van der Waals surface area contributed by atoms with Gasteiger partial charge in [-0.3, -0.25) is 13.9 Å². The van der Waals surface area contributed by atoms with Crippen LogP contribution in [0.4, 0.5) is 5.69 Å². The van der Waals surface area contributed by atoms with Gasteiger partial charge in [0.2, 0.25) is 0 Å². The number of nitroso groups, excluding NO2 is 1. The fourth-order valence-corrected chi connectivity index (χ4v) is 7.45. The van der Waals surface area contributed by atoms with Gasteiger partial charge in [0.1, 0.15) is 29.0 Å². The molecule has 12 nitrogen and oxygen atoms in total. The molecule has 2 heterocycles. The number of benzene rings is 4. The van der Waals surface area contributed by atoms with Crippen LogP contribution in [0.1, 0.15) is 51.7 Å². The second kappa shape index (κ2) is 16.4. The van der Waals surface area contributed by atoms with Gasteiger partial charge in [-0.25, -0.2) is 9.59 Å². The lowest BCUT2D eigenvalue weighted by Crippen LogP contribution is -2.42. The number of ether oxygens (including phenoxy) is 4. The maximum absolute atomic E-state index is 13.7. The number of thioether (sulfide) groups is 1. The van der Waals surface area contributed by atoms with Crippen molar-refractivity contribution < 1.29 is 28.8 Å². The van der Waals surface area contributed by atoms with E-state index in [1.54, 1.807) is 27.2 Å². The van der Waals surface area contributed by atoms with E-state index < -0.39 is 29.0 Å². The van der Waals surface area contributed by atoms with Crippen LogP contribution in [0.25, 0.3) is 0 Å². The summed E-state index contributed by atoms with van der Waals surface area (Å²) in [6.07, 6.45) is 1.69. The van der Waals surface area contributed by atoms with Crippen molar-refractivity contribution in [2.75, 3.05) is 26.6 Å². The zero-order chi connectivity index (χ0) is 37.5. The normalized spacial score (nSPS) is 15.6. The minimum Gasteiger partial charge on any atom is -0.497 e. The average Bonchev–Trinajstić information content (AvgIpc) is 3.67. The van der Waals surface area contributed by atoms with Crippen molar-refractivity contribution in [3.8, 4) is 11.5 Å². The largest absolute Gasteiger partial charge is 0.497 e. The first-order valence-electron chi connectivity index (χ1n) is 17.0. The lowest BCUT2D eigenvalue weighted by atomic mass is 9.80. The van der Waals surface area contributed by atoms with E-state index in [1.807, 2.05) is 78.9 Å². The summed E-state index contributed by atoms with van der Waals surface area (Å²) in [5.74, 6) is 0.455. The Balaban J connectivity index is 1.24. The molecular weight excluding hydrogens is 699 g/mol. The van der Waals surface area contributed by atoms with E-state index in [0.29, 0.717) is 40.6 Å². The van der Waals surface area contributed by atoms with E-state index in [0.717, 1.165) is 16.7 Å². The highest BCUT2D eigenvalue weighted by Gasteiger charge is 2.40. The third kappa shape index (κ3) is 7.82. The van der Waals surface area contributed by atoms with Gasteiger partial charge in [-0.15, -0.1) is 16.7 Å². The maximum atomic E-state index is 13.7. The van der Waals surface area contributed by atoms with Crippen molar-refractivity contribution in [1.82, 2.24) is 9.13 Å². The maximum Gasteiger partial charge on any atom is 0.338 e. The molecule has 1 aliphatic heterocycles. The molecular formula is C40H39N3O9S. The van der Waals surface area contributed by atoms with Crippen LogP contribution in [0.2, 0.25) is 0 Å². The Hall–Kier alpha value is -5.50. The molecule has 6 rings (SSSR count). The molecule has 0 unspecified atom stereocenters. The van der Waals surface area contributed by atoms with Crippen LogP contribution < -0.4 is 20.7 Å². The van der Waals surface area contributed by atoms with Gasteiger partial charge in [-0.1, -0.05) is 54.6 Å². The summed E-state index contributed by atoms with van der Waals surface area (Å²) in [6.45, 7) is 1.92. The Kier molecular flexibility index (Phi) is 11.6. The summed E-state index contributed by atoms with van der Waals surface area (Å²) in [6, 6.07) is 29.8. The summed E-state index contributed by atoms with van der Waals surface area (Å²) in [7, 11) is 3.25. The van der Waals surface area contributed by atoms with Crippen molar-refractivity contribution in [3.63, 3.8) is 0 Å². The van der Waals surface area contributed by atoms with E-state index in [4.69, 9.17) is 18.9 Å². The number of carboxylic acids is 1. The van der Waals surface area contributed by atoms with Gasteiger partial charge >= 0.3 is 11.7 Å². The lowest BCUT2D eigenvalue weighted by molar-refractivity contribution is -0.0776. The molecule has 0 radical (unpaired) electrons. The second-order valence-corrected chi connectivity index (χ2v) is 13.7. The third-order valence-corrected chi connectivity index (χ3v) is 10.3. The Morgan fingerprint density at radius 2 is 1.53 bits per heavy atom. The van der Waals surface area contributed by atoms with E-state index in [9.17, 15) is 24.4 Å². The van der Waals surface area contributed by atoms with Crippen molar-refractivity contribution in [2.45, 2.75) is 49.1 Å². The third-order valence-electron chi connectivity index (χ3n) is 9.30. The molecule has 0 amide bonds. The fraction of sp³-hybridized carbons (Fsp3) is 0.275. The molecule has 1 aliphatic rings. The molecule has 4 aromatic carbocycles. The standard InChI is InChI=1S/C40H39N3O9S/c1-26-24-43(39(47)42(37(26)44)21-22-53-33-18-19-35(41-48)34(23-33)38(45)46)36-20-17-32(52-36)25-51-40(27-7-5-4-6-8-27,28-9-13-30(49-2)14-10-28)29-11-15-31(50-3)16-12-29/h4-16,18-19,23-24,32,36H,17,20-22,25H2,1-3H3,(H,45,46)/t32-,36+/m0/s1. The predicted molar refractivity (Wildman–Crippen MR) is 201 cm³/mol. The number of hydrogen-bond acceptors (Lipinski definition) is 10. The fourth-order valence-electron chi connectivity index (χ4n) is 6.58. The molecule has 1 saturated heterocycles. The van der Waals surface area contributed by atoms with Crippen LogP contribution in [0.3, 0.4) is 0 Å². The van der Waals surface area contributed by atoms with Crippen LogP contribution in [-0.4, -0.2) is 52.9 Å². The molecule has 1 fully saturated rings. The predicted octanol–water partition coefficient (Wildman–Crippen LogP) is 6.91. The molecule has 0 aliphatic carbocycles. The zero-order valence-electron chi connectivity index (χ0n) is 29.5. The molecule has 1 N–H and O–H groups in total. The van der Waals surface area contributed by atoms with Crippen LogP contribution >= 0.6 is 11.8 Å². The lowest BCUT2D eigenvalue weighted by Gasteiger charge is -2.37. The Bertz CT molecular complexity index is 2140. The molecule has 13 heteroatoms. The Morgan fingerprint density at radius 3 is 2.11 bits per heavy atom. The number of hydrogen-bond donors (Lipinski definition) is 1. The number of aromatic nitrogens is 2. The van der Waals surface area contributed by atoms with Gasteiger partial charge in [-0.05, 0) is 84.1 Å². The number of rotatable bonds is 15. The smallest absolute Gasteiger partial charge is 0.338 e. The first-order chi connectivity index (χ1) is 25.7. The highest BCUT2D eigenvalue weighted by molar-refractivity contribution is 7.99. The summed E-state index contributed by atoms with van der Waals surface area (Å²) in [5.41, 5.74) is 0.727. The van der Waals surface area contributed by atoms with E-state index in [2.05, 4.69) is 5.18 Å². The van der Waals surface area contributed by atoms with Gasteiger partial charge in [-0.2, -0.15) is 0 Å². The monoisotopic (exact) mass is 737 g/mol. The van der Waals surface area contributed by atoms with Crippen molar-refractivity contribution in [3.05, 3.63) is 157 Å². The summed E-state index contributed by atoms with van der Waals surface area (Å²) in [5, 5.41) is 12.2. The summed E-state index contributed by atoms with van der Waals surface area (Å²) < 4.78 is 27.0. The SMILES string of the molecule is COc1ccc(C(OC[C@@H]2CC[C@H](n3cc(C)c(=O)n(CCSc4ccc(N=O)c(C(=O)O)c4)c3=O)O2)(c2ccccc2)c2ccc(OC)cc2)cc1. The number of aryl methyl sites for hydroxylation is 1. The van der Waals surface area contributed by atoms with Gasteiger partial charge in [0.15, 0.2) is 0 Å². The van der Waals surface area contributed by atoms with Crippen LogP contribution in [-0.2, 0) is 21.6 Å². The average molecular weight is 738 g/mol. The topological polar surface area (TPSA) is 148 Å². The summed E-state index contributed by atoms with van der Waals surface area (Å²) >= 11 is 1.26. The highest BCUT2D eigenvalue weighted by Crippen LogP contribution is 2.42. The molecule has 53 heavy (non-hydrogen) atoms. The van der Waals surface area contributed by atoms with Crippen LogP contribution in [0.5, 0.6) is 11.5 Å². The molecule has 274 valence electrons. The first kappa shape index (κ1) is 37.3. The van der Waals surface area contributed by atoms with Crippen molar-refractivity contribution in [1.29, 1.82) is 0 Å². The molecule has 0 bridgehead atoms. The van der Waals surface area contributed by atoms with Gasteiger partial charge < -0.3 is 24.1 Å². The molecule has 5 aromatic rings. The molecule has 2 atom stereocenters. The quantitative estimate of drug-likeness (QED) is 0.0683. The van der Waals surface area contributed by atoms with Gasteiger partial charge in [0.05, 0.1) is 32.5 Å². The van der Waals surface area contributed by atoms with E-state index >= 15 is 0 Å². The van der Waals surface area contributed by atoms with Gasteiger partial charge in [0, 0.05) is 29.0 Å². The number of nitrogens with zero attached hydrogens (tertiary/aromatic N) is 3. The minimum absolute atomic E-state index is 0.0721. The zero-order valence-corrected chi connectivity index (χ0v) is 30.3. The van der Waals surface area contributed by atoms with Crippen LogP contribution in [0, 0.1) is 11.8 Å². The Labute approximate surface area is 309 Å². The molecule has 0 spiro atoms. The van der Waals surface area contributed by atoms with Crippen LogP contribution in [0.15, 0.2) is 123 Å². The number of methoxy groups -OCH3 is 2. The number of aromatic carboxylic acids is 1. The van der Waals surface area contributed by atoms with Crippen molar-refractivity contribution >= 4 is 23.4 Å². The van der Waals surface area contributed by atoms with Gasteiger partial charge in [0.25, 0.3) is 5.56 Å². The Morgan fingerprint density at radius 1 is 0.906 bits per heavy atom. The minimum atomic E-state index is -1.27. The first-order valence-corrected chi connectivity index (χ1v) is 18.0. The van der Waals surface area contributed by atoms with E-state index in [-0.39, 0.29) is 30.5 Å². The molecule has 0 saturated carbocycles. The molecule has 1 aromatic heterocycles. The number of carbonyl (C=O) groups is 1. The summed E-state index contributed by atoms with van der Waals surface area (Å²) in [4.78, 5) is 50.0. The van der Waals surface area contributed by atoms with E-state index in [1.165, 1.54) is 39.2 Å². The number of carboxylic acid groups (broad SMARTS) is 1.